The van der Waals surface area contributed by atoms with E-state index < -0.39 is 0 Å². The predicted octanol–water partition coefficient (Wildman–Crippen LogP) is 1.23. The van der Waals surface area contributed by atoms with Crippen LogP contribution in [0.5, 0.6) is 0 Å². The van der Waals surface area contributed by atoms with Gasteiger partial charge in [0.15, 0.2) is 0 Å². The molecule has 4 heteroatoms. The molecule has 1 N–H and O–H groups in total. The monoisotopic (exact) mass is 181 g/mol. The van der Waals surface area contributed by atoms with E-state index in [9.17, 15) is 0 Å². The summed E-state index contributed by atoms with van der Waals surface area (Å²) in [5.41, 5.74) is 1.06. The first-order valence-electron chi connectivity index (χ1n) is 4.26. The predicted molar refractivity (Wildman–Crippen MR) is 51.7 cm³/mol. The van der Waals surface area contributed by atoms with Gasteiger partial charge >= 0.3 is 0 Å². The van der Waals surface area contributed by atoms with Crippen molar-refractivity contribution in [2.45, 2.75) is 19.9 Å². The van der Waals surface area contributed by atoms with E-state index in [-0.39, 0.29) is 6.04 Å². The van der Waals surface area contributed by atoms with Crippen LogP contribution in [0.15, 0.2) is 12.4 Å². The fourth-order valence-electron chi connectivity index (χ4n) is 0.979. The third kappa shape index (κ3) is 3.38. The summed E-state index contributed by atoms with van der Waals surface area (Å²) in [5, 5.41) is 3.12. The average Bonchev–Trinajstić information content (AvgIpc) is 2.09. The van der Waals surface area contributed by atoms with Crippen molar-refractivity contribution >= 4 is 5.95 Å². The molecular formula is C9H15N3O. The molecule has 0 aliphatic carbocycles. The summed E-state index contributed by atoms with van der Waals surface area (Å²) >= 11 is 0. The topological polar surface area (TPSA) is 47.0 Å². The maximum absolute atomic E-state index is 4.98. The number of anilines is 1. The number of hydrogen-bond acceptors (Lipinski definition) is 4. The van der Waals surface area contributed by atoms with Gasteiger partial charge < -0.3 is 10.1 Å². The van der Waals surface area contributed by atoms with Crippen molar-refractivity contribution in [2.75, 3.05) is 19.0 Å². The summed E-state index contributed by atoms with van der Waals surface area (Å²) in [6.45, 7) is 4.63. The van der Waals surface area contributed by atoms with Gasteiger partial charge in [0.2, 0.25) is 5.95 Å². The highest BCUT2D eigenvalue weighted by atomic mass is 16.5. The maximum atomic E-state index is 4.98. The van der Waals surface area contributed by atoms with E-state index in [2.05, 4.69) is 15.3 Å². The highest BCUT2D eigenvalue weighted by Gasteiger charge is 2.01. The zero-order chi connectivity index (χ0) is 9.68. The van der Waals surface area contributed by atoms with Crippen LogP contribution in [0.1, 0.15) is 12.5 Å². The molecule has 0 fully saturated rings. The minimum atomic E-state index is 0.229. The van der Waals surface area contributed by atoms with Crippen LogP contribution in [-0.4, -0.2) is 29.7 Å². The van der Waals surface area contributed by atoms with Crippen LogP contribution in [0.3, 0.4) is 0 Å². The molecular weight excluding hydrogens is 166 g/mol. The van der Waals surface area contributed by atoms with Crippen molar-refractivity contribution in [1.82, 2.24) is 9.97 Å². The van der Waals surface area contributed by atoms with Crippen LogP contribution in [0.25, 0.3) is 0 Å². The smallest absolute Gasteiger partial charge is 0.222 e. The molecule has 4 nitrogen and oxygen atoms in total. The fourth-order valence-corrected chi connectivity index (χ4v) is 0.979. The normalized spacial score (nSPS) is 12.5. The summed E-state index contributed by atoms with van der Waals surface area (Å²) in [7, 11) is 1.67. The van der Waals surface area contributed by atoms with Crippen molar-refractivity contribution in [2.24, 2.45) is 0 Å². The molecule has 0 aliphatic heterocycles. The quantitative estimate of drug-likeness (QED) is 0.759. The molecule has 0 spiro atoms. The van der Waals surface area contributed by atoms with Crippen LogP contribution in [-0.2, 0) is 4.74 Å². The Hall–Kier alpha value is -1.16. The minimum absolute atomic E-state index is 0.229. The highest BCUT2D eigenvalue weighted by molar-refractivity contribution is 5.25. The van der Waals surface area contributed by atoms with Crippen LogP contribution < -0.4 is 5.32 Å². The van der Waals surface area contributed by atoms with E-state index in [1.807, 2.05) is 13.8 Å². The highest BCUT2D eigenvalue weighted by Crippen LogP contribution is 2.00. The average molecular weight is 181 g/mol. The number of nitrogens with zero attached hydrogens (tertiary/aromatic N) is 2. The number of ether oxygens (including phenoxy) is 1. The number of aromatic nitrogens is 2. The Balaban J connectivity index is 2.49. The number of hydrogen-bond donors (Lipinski definition) is 1. The van der Waals surface area contributed by atoms with Gasteiger partial charge in [-0.15, -0.1) is 0 Å². The van der Waals surface area contributed by atoms with Crippen molar-refractivity contribution in [3.05, 3.63) is 18.0 Å². The van der Waals surface area contributed by atoms with Crippen molar-refractivity contribution in [1.29, 1.82) is 0 Å². The third-order valence-electron chi connectivity index (χ3n) is 1.57. The number of nitrogens with one attached hydrogen (secondary N) is 1. The van der Waals surface area contributed by atoms with Gasteiger partial charge in [0.05, 0.1) is 6.61 Å². The first kappa shape index (κ1) is 9.92. The van der Waals surface area contributed by atoms with Gasteiger partial charge in [-0.3, -0.25) is 0 Å². The zero-order valence-corrected chi connectivity index (χ0v) is 8.24. The summed E-state index contributed by atoms with van der Waals surface area (Å²) in [5.74, 6) is 0.648. The molecule has 0 aromatic carbocycles. The van der Waals surface area contributed by atoms with E-state index in [0.29, 0.717) is 12.6 Å². The Labute approximate surface area is 78.4 Å². The minimum Gasteiger partial charge on any atom is -0.383 e. The largest absolute Gasteiger partial charge is 0.383 e. The molecule has 0 amide bonds. The SMILES string of the molecule is COCC(C)Nc1ncc(C)cn1. The van der Waals surface area contributed by atoms with E-state index in [0.717, 1.165) is 5.56 Å². The standard InChI is InChI=1S/C9H15N3O/c1-7-4-10-9(11-5-7)12-8(2)6-13-3/h4-5,8H,6H2,1-3H3,(H,10,11,12). The second-order valence-electron chi connectivity index (χ2n) is 3.08. The van der Waals surface area contributed by atoms with Gasteiger partial charge in [0.25, 0.3) is 0 Å². The molecule has 0 radical (unpaired) electrons. The van der Waals surface area contributed by atoms with Gasteiger partial charge in [-0.1, -0.05) is 0 Å². The lowest BCUT2D eigenvalue weighted by Gasteiger charge is -2.11. The molecule has 1 aromatic rings. The van der Waals surface area contributed by atoms with E-state index >= 15 is 0 Å². The molecule has 1 unspecified atom stereocenters. The van der Waals surface area contributed by atoms with Crippen molar-refractivity contribution in [3.8, 4) is 0 Å². The van der Waals surface area contributed by atoms with Crippen LogP contribution >= 0.6 is 0 Å². The lowest BCUT2D eigenvalue weighted by atomic mass is 10.4. The molecule has 1 aromatic heterocycles. The lowest BCUT2D eigenvalue weighted by Crippen LogP contribution is -2.22. The van der Waals surface area contributed by atoms with E-state index in [4.69, 9.17) is 4.74 Å². The summed E-state index contributed by atoms with van der Waals surface area (Å²) in [6.07, 6.45) is 3.57. The number of aryl methyl sites for hydroxylation is 1. The third-order valence-corrected chi connectivity index (χ3v) is 1.57. The Bertz CT molecular complexity index is 248. The van der Waals surface area contributed by atoms with Gasteiger partial charge in [-0.25, -0.2) is 9.97 Å². The van der Waals surface area contributed by atoms with Crippen molar-refractivity contribution < 1.29 is 4.74 Å². The van der Waals surface area contributed by atoms with Gasteiger partial charge in [0, 0.05) is 25.5 Å². The second-order valence-corrected chi connectivity index (χ2v) is 3.08. The van der Waals surface area contributed by atoms with Crippen LogP contribution in [0.2, 0.25) is 0 Å². The first-order chi connectivity index (χ1) is 6.22. The van der Waals surface area contributed by atoms with Gasteiger partial charge in [-0.2, -0.15) is 0 Å². The summed E-state index contributed by atoms with van der Waals surface area (Å²) in [6, 6.07) is 0.229. The molecule has 0 saturated heterocycles. The van der Waals surface area contributed by atoms with Gasteiger partial charge in [0.1, 0.15) is 0 Å². The molecule has 1 rings (SSSR count). The zero-order valence-electron chi connectivity index (χ0n) is 8.24. The Kier molecular flexibility index (Phi) is 3.64. The first-order valence-corrected chi connectivity index (χ1v) is 4.26. The Morgan fingerprint density at radius 2 is 2.08 bits per heavy atom. The Morgan fingerprint density at radius 1 is 1.46 bits per heavy atom. The summed E-state index contributed by atoms with van der Waals surface area (Å²) in [4.78, 5) is 8.25. The van der Waals surface area contributed by atoms with E-state index in [1.54, 1.807) is 19.5 Å². The molecule has 72 valence electrons. The Morgan fingerprint density at radius 3 is 2.62 bits per heavy atom. The van der Waals surface area contributed by atoms with Crippen LogP contribution in [0.4, 0.5) is 5.95 Å². The fraction of sp³-hybridized carbons (Fsp3) is 0.556. The second kappa shape index (κ2) is 4.77. The van der Waals surface area contributed by atoms with Crippen LogP contribution in [0, 0.1) is 6.92 Å². The lowest BCUT2D eigenvalue weighted by molar-refractivity contribution is 0.190. The van der Waals surface area contributed by atoms with E-state index in [1.165, 1.54) is 0 Å². The van der Waals surface area contributed by atoms with Gasteiger partial charge in [-0.05, 0) is 19.4 Å². The molecule has 0 aliphatic rings. The molecule has 1 atom stereocenters. The molecule has 13 heavy (non-hydrogen) atoms. The van der Waals surface area contributed by atoms with Crippen molar-refractivity contribution in [3.63, 3.8) is 0 Å². The maximum Gasteiger partial charge on any atom is 0.222 e. The molecule has 0 bridgehead atoms. The molecule has 1 heterocycles. The number of methoxy groups -OCH3 is 1. The molecule has 0 saturated carbocycles. The number of rotatable bonds is 4. The summed E-state index contributed by atoms with van der Waals surface area (Å²) < 4.78 is 4.98.